The second-order valence-corrected chi connectivity index (χ2v) is 7.33. The second kappa shape index (κ2) is 6.28. The Morgan fingerprint density at radius 1 is 1.28 bits per heavy atom. The van der Waals surface area contributed by atoms with E-state index in [0.29, 0.717) is 25.0 Å². The lowest BCUT2D eigenvalue weighted by Crippen LogP contribution is -2.33. The molecule has 1 aliphatic rings. The first-order valence-corrected chi connectivity index (χ1v) is 8.49. The highest BCUT2D eigenvalue weighted by Crippen LogP contribution is 2.41. The standard InChI is InChI=1S/C18H23F2N5/c1-5-12-10-25(11-18(12,4)14-9-21-6-7-22-14)16-23-8-13(19)15(24-16)17(2,3)20/h6-9,12H,5,10-11H2,1-4H3. The molecule has 0 aliphatic carbocycles. The number of anilines is 1. The van der Waals surface area contributed by atoms with Gasteiger partial charge in [0.05, 0.1) is 11.9 Å². The summed E-state index contributed by atoms with van der Waals surface area (Å²) in [6.45, 7) is 8.21. The van der Waals surface area contributed by atoms with E-state index in [4.69, 9.17) is 0 Å². The lowest BCUT2D eigenvalue weighted by Gasteiger charge is -2.28. The largest absolute Gasteiger partial charge is 0.340 e. The molecule has 25 heavy (non-hydrogen) atoms. The molecule has 0 N–H and O–H groups in total. The summed E-state index contributed by atoms with van der Waals surface area (Å²) < 4.78 is 28.2. The van der Waals surface area contributed by atoms with Crippen molar-refractivity contribution in [2.24, 2.45) is 5.92 Å². The van der Waals surface area contributed by atoms with Crippen LogP contribution in [0.25, 0.3) is 0 Å². The van der Waals surface area contributed by atoms with Gasteiger partial charge in [-0.15, -0.1) is 0 Å². The van der Waals surface area contributed by atoms with Crippen LogP contribution in [-0.4, -0.2) is 33.0 Å². The first-order valence-electron chi connectivity index (χ1n) is 8.49. The van der Waals surface area contributed by atoms with Crippen molar-refractivity contribution in [2.45, 2.75) is 45.2 Å². The molecule has 3 rings (SSSR count). The van der Waals surface area contributed by atoms with Crippen LogP contribution in [0.3, 0.4) is 0 Å². The topological polar surface area (TPSA) is 54.8 Å². The molecule has 2 atom stereocenters. The van der Waals surface area contributed by atoms with Crippen LogP contribution < -0.4 is 4.90 Å². The average molecular weight is 347 g/mol. The zero-order chi connectivity index (χ0) is 18.2. The molecule has 2 unspecified atom stereocenters. The molecular formula is C18H23F2N5. The average Bonchev–Trinajstić information content (AvgIpc) is 2.93. The first-order chi connectivity index (χ1) is 11.8. The molecule has 2 aromatic heterocycles. The van der Waals surface area contributed by atoms with Gasteiger partial charge in [-0.25, -0.2) is 18.7 Å². The van der Waals surface area contributed by atoms with Crippen LogP contribution in [0, 0.1) is 11.7 Å². The highest BCUT2D eigenvalue weighted by molar-refractivity contribution is 5.38. The van der Waals surface area contributed by atoms with Crippen LogP contribution in [0.1, 0.15) is 45.5 Å². The van der Waals surface area contributed by atoms with Gasteiger partial charge in [0.25, 0.3) is 0 Å². The third-order valence-corrected chi connectivity index (χ3v) is 5.08. The van der Waals surface area contributed by atoms with Crippen LogP contribution in [0.5, 0.6) is 0 Å². The molecule has 0 bridgehead atoms. The predicted molar refractivity (Wildman–Crippen MR) is 91.5 cm³/mol. The maximum atomic E-state index is 14.2. The molecule has 0 spiro atoms. The summed E-state index contributed by atoms with van der Waals surface area (Å²) in [6, 6.07) is 0. The van der Waals surface area contributed by atoms with E-state index in [-0.39, 0.29) is 11.1 Å². The van der Waals surface area contributed by atoms with Gasteiger partial charge in [-0.1, -0.05) is 20.3 Å². The third-order valence-electron chi connectivity index (χ3n) is 5.08. The zero-order valence-electron chi connectivity index (χ0n) is 15.0. The van der Waals surface area contributed by atoms with Gasteiger partial charge in [0.15, 0.2) is 5.82 Å². The molecule has 1 saturated heterocycles. The summed E-state index contributed by atoms with van der Waals surface area (Å²) in [5.41, 5.74) is -1.37. The molecule has 134 valence electrons. The van der Waals surface area contributed by atoms with Crippen LogP contribution in [0.2, 0.25) is 0 Å². The normalized spacial score (nSPS) is 23.9. The fourth-order valence-corrected chi connectivity index (χ4v) is 3.60. The van der Waals surface area contributed by atoms with Crippen LogP contribution in [0.4, 0.5) is 14.7 Å². The minimum Gasteiger partial charge on any atom is -0.340 e. The van der Waals surface area contributed by atoms with Gasteiger partial charge < -0.3 is 4.90 Å². The van der Waals surface area contributed by atoms with Gasteiger partial charge in [0.2, 0.25) is 5.95 Å². The fraction of sp³-hybridized carbons (Fsp3) is 0.556. The van der Waals surface area contributed by atoms with Gasteiger partial charge in [0, 0.05) is 37.1 Å². The Balaban J connectivity index is 1.96. The molecule has 0 saturated carbocycles. The van der Waals surface area contributed by atoms with Crippen molar-refractivity contribution in [1.82, 2.24) is 19.9 Å². The van der Waals surface area contributed by atoms with E-state index >= 15 is 0 Å². The van der Waals surface area contributed by atoms with E-state index in [9.17, 15) is 8.78 Å². The fourth-order valence-electron chi connectivity index (χ4n) is 3.60. The number of aromatic nitrogens is 4. The number of rotatable bonds is 4. The first kappa shape index (κ1) is 17.6. The number of hydrogen-bond donors (Lipinski definition) is 0. The molecule has 7 heteroatoms. The van der Waals surface area contributed by atoms with Crippen LogP contribution >= 0.6 is 0 Å². The minimum atomic E-state index is -1.86. The van der Waals surface area contributed by atoms with E-state index in [0.717, 1.165) is 18.3 Å². The van der Waals surface area contributed by atoms with Gasteiger partial charge in [-0.3, -0.25) is 9.97 Å². The summed E-state index contributed by atoms with van der Waals surface area (Å²) in [4.78, 5) is 18.9. The summed E-state index contributed by atoms with van der Waals surface area (Å²) in [7, 11) is 0. The van der Waals surface area contributed by atoms with Gasteiger partial charge in [-0.05, 0) is 19.8 Å². The Morgan fingerprint density at radius 3 is 2.64 bits per heavy atom. The molecule has 1 fully saturated rings. The highest BCUT2D eigenvalue weighted by Gasteiger charge is 2.45. The number of alkyl halides is 1. The third kappa shape index (κ3) is 3.19. The lowest BCUT2D eigenvalue weighted by atomic mass is 9.76. The maximum absolute atomic E-state index is 14.2. The Labute approximate surface area is 146 Å². The summed E-state index contributed by atoms with van der Waals surface area (Å²) in [6.07, 6.45) is 7.13. The molecule has 5 nitrogen and oxygen atoms in total. The van der Waals surface area contributed by atoms with Crippen molar-refractivity contribution >= 4 is 5.95 Å². The Morgan fingerprint density at radius 2 is 2.04 bits per heavy atom. The van der Waals surface area contributed by atoms with E-state index in [1.54, 1.807) is 18.6 Å². The molecule has 0 aromatic carbocycles. The Kier molecular flexibility index (Phi) is 4.43. The van der Waals surface area contributed by atoms with Crippen molar-refractivity contribution < 1.29 is 8.78 Å². The van der Waals surface area contributed by atoms with Crippen molar-refractivity contribution in [3.05, 3.63) is 42.0 Å². The smallest absolute Gasteiger partial charge is 0.225 e. The van der Waals surface area contributed by atoms with E-state index in [2.05, 4.69) is 33.8 Å². The van der Waals surface area contributed by atoms with Crippen molar-refractivity contribution in [3.63, 3.8) is 0 Å². The molecule has 2 aromatic rings. The maximum Gasteiger partial charge on any atom is 0.225 e. The van der Waals surface area contributed by atoms with Crippen molar-refractivity contribution in [2.75, 3.05) is 18.0 Å². The van der Waals surface area contributed by atoms with E-state index in [1.807, 2.05) is 4.90 Å². The van der Waals surface area contributed by atoms with Gasteiger partial charge >= 0.3 is 0 Å². The quantitative estimate of drug-likeness (QED) is 0.848. The van der Waals surface area contributed by atoms with E-state index < -0.39 is 11.5 Å². The summed E-state index contributed by atoms with van der Waals surface area (Å²) >= 11 is 0. The number of halogens is 2. The zero-order valence-corrected chi connectivity index (χ0v) is 15.0. The van der Waals surface area contributed by atoms with Crippen LogP contribution in [-0.2, 0) is 11.1 Å². The number of nitrogens with zero attached hydrogens (tertiary/aromatic N) is 5. The molecular weight excluding hydrogens is 324 g/mol. The lowest BCUT2D eigenvalue weighted by molar-refractivity contribution is 0.205. The minimum absolute atomic E-state index is 0.210. The number of hydrogen-bond acceptors (Lipinski definition) is 5. The highest BCUT2D eigenvalue weighted by atomic mass is 19.1. The molecule has 1 aliphatic heterocycles. The predicted octanol–water partition coefficient (Wildman–Crippen LogP) is 3.41. The molecule has 0 radical (unpaired) electrons. The van der Waals surface area contributed by atoms with Crippen LogP contribution in [0.15, 0.2) is 24.8 Å². The Hall–Kier alpha value is -2.18. The van der Waals surface area contributed by atoms with Crippen molar-refractivity contribution in [1.29, 1.82) is 0 Å². The summed E-state index contributed by atoms with van der Waals surface area (Å²) in [5.74, 6) is -0.0490. The van der Waals surface area contributed by atoms with Crippen molar-refractivity contribution in [3.8, 4) is 0 Å². The molecule has 0 amide bonds. The van der Waals surface area contributed by atoms with Gasteiger partial charge in [0.1, 0.15) is 11.4 Å². The second-order valence-electron chi connectivity index (χ2n) is 7.33. The molecule has 3 heterocycles. The van der Waals surface area contributed by atoms with E-state index in [1.165, 1.54) is 13.8 Å². The Bertz CT molecular complexity index is 747. The monoisotopic (exact) mass is 347 g/mol. The van der Waals surface area contributed by atoms with Gasteiger partial charge in [-0.2, -0.15) is 0 Å². The SMILES string of the molecule is CCC1CN(c2ncc(F)c(C(C)(C)F)n2)CC1(C)c1cnccn1. The summed E-state index contributed by atoms with van der Waals surface area (Å²) in [5, 5.41) is 0.